The first-order chi connectivity index (χ1) is 9.93. The molecule has 0 saturated carbocycles. The van der Waals surface area contributed by atoms with Gasteiger partial charge in [0.25, 0.3) is 5.91 Å². The molecule has 1 aromatic carbocycles. The maximum Gasteiger partial charge on any atom is 0.344 e. The normalized spacial score (nSPS) is 10.4. The molecule has 0 unspecified atom stereocenters. The van der Waals surface area contributed by atoms with Crippen LogP contribution >= 0.6 is 11.6 Å². The van der Waals surface area contributed by atoms with Crippen LogP contribution in [0.5, 0.6) is 11.5 Å². The molecule has 0 heterocycles. The van der Waals surface area contributed by atoms with Gasteiger partial charge < -0.3 is 25.2 Å². The molecule has 0 atom stereocenters. The Morgan fingerprint density at radius 1 is 1.43 bits per heavy atom. The molecule has 8 nitrogen and oxygen atoms in total. The van der Waals surface area contributed by atoms with Crippen molar-refractivity contribution in [3.8, 4) is 11.5 Å². The lowest BCUT2D eigenvalue weighted by molar-refractivity contribution is -0.142. The van der Waals surface area contributed by atoms with E-state index in [2.05, 4.69) is 9.99 Å². The summed E-state index contributed by atoms with van der Waals surface area (Å²) in [5, 5.41) is 12.0. The van der Waals surface area contributed by atoms with E-state index >= 15 is 0 Å². The van der Waals surface area contributed by atoms with Gasteiger partial charge in [0.1, 0.15) is 0 Å². The van der Waals surface area contributed by atoms with Crippen LogP contribution in [-0.4, -0.2) is 43.5 Å². The van der Waals surface area contributed by atoms with Crippen LogP contribution in [0.4, 0.5) is 0 Å². The topological polar surface area (TPSA) is 120 Å². The second-order valence-corrected chi connectivity index (χ2v) is 4.10. The van der Waals surface area contributed by atoms with Crippen molar-refractivity contribution in [3.05, 3.63) is 22.7 Å². The van der Waals surface area contributed by atoms with E-state index in [0.29, 0.717) is 5.56 Å². The number of benzene rings is 1. The number of primary amides is 1. The molecular formula is C12H13ClN2O6. The summed E-state index contributed by atoms with van der Waals surface area (Å²) in [6.07, 6.45) is 1.26. The Bertz CT molecular complexity index is 561. The first kappa shape index (κ1) is 16.6. The van der Waals surface area contributed by atoms with Gasteiger partial charge in [-0.1, -0.05) is 16.8 Å². The highest BCUT2D eigenvalue weighted by atomic mass is 35.5. The number of carbonyl (C=O) groups is 2. The molecular weight excluding hydrogens is 304 g/mol. The molecule has 0 radical (unpaired) electrons. The smallest absolute Gasteiger partial charge is 0.344 e. The van der Waals surface area contributed by atoms with Crippen LogP contribution in [0.3, 0.4) is 0 Å². The van der Waals surface area contributed by atoms with Gasteiger partial charge in [-0.15, -0.1) is 0 Å². The number of ether oxygens (including phenoxy) is 2. The molecule has 0 aliphatic carbocycles. The predicted molar refractivity (Wildman–Crippen MR) is 73.9 cm³/mol. The minimum atomic E-state index is -1.14. The molecule has 9 heteroatoms. The van der Waals surface area contributed by atoms with E-state index in [1.165, 1.54) is 25.5 Å². The minimum Gasteiger partial charge on any atom is -0.493 e. The number of halogens is 1. The molecule has 3 N–H and O–H groups in total. The zero-order valence-corrected chi connectivity index (χ0v) is 11.8. The third kappa shape index (κ3) is 5.57. The molecule has 114 valence electrons. The molecule has 0 aliphatic rings. The molecule has 1 aromatic rings. The van der Waals surface area contributed by atoms with Gasteiger partial charge in [-0.05, 0) is 12.1 Å². The molecule has 0 spiro atoms. The van der Waals surface area contributed by atoms with Crippen molar-refractivity contribution < 1.29 is 29.0 Å². The van der Waals surface area contributed by atoms with E-state index in [1.54, 1.807) is 0 Å². The maximum absolute atomic E-state index is 10.7. The Labute approximate surface area is 125 Å². The number of hydrogen-bond donors (Lipinski definition) is 2. The van der Waals surface area contributed by atoms with Gasteiger partial charge in [-0.3, -0.25) is 4.79 Å². The minimum absolute atomic E-state index is 0.168. The third-order valence-electron chi connectivity index (χ3n) is 2.07. The largest absolute Gasteiger partial charge is 0.493 e. The number of nitrogens with zero attached hydrogens (tertiary/aromatic N) is 1. The van der Waals surface area contributed by atoms with Gasteiger partial charge in [-0.25, -0.2) is 4.79 Å². The third-order valence-corrected chi connectivity index (χ3v) is 2.36. The summed E-state index contributed by atoms with van der Waals surface area (Å²) in [6, 6.07) is 3.00. The van der Waals surface area contributed by atoms with Gasteiger partial charge in [0.15, 0.2) is 18.1 Å². The van der Waals surface area contributed by atoms with E-state index in [-0.39, 0.29) is 23.1 Å². The summed E-state index contributed by atoms with van der Waals surface area (Å²) in [7, 11) is 1.39. The zero-order chi connectivity index (χ0) is 15.8. The number of carboxylic acid groups (broad SMARTS) is 1. The van der Waals surface area contributed by atoms with Crippen molar-refractivity contribution >= 4 is 29.7 Å². The zero-order valence-electron chi connectivity index (χ0n) is 11.0. The van der Waals surface area contributed by atoms with Gasteiger partial charge in [0.2, 0.25) is 6.61 Å². The Morgan fingerprint density at radius 2 is 2.14 bits per heavy atom. The van der Waals surface area contributed by atoms with Crippen LogP contribution in [0.15, 0.2) is 17.3 Å². The quantitative estimate of drug-likeness (QED) is 0.536. The lowest BCUT2D eigenvalue weighted by Crippen LogP contribution is -2.20. The summed E-state index contributed by atoms with van der Waals surface area (Å²) >= 11 is 6.01. The van der Waals surface area contributed by atoms with Crippen molar-refractivity contribution in [2.75, 3.05) is 20.3 Å². The number of rotatable bonds is 8. The summed E-state index contributed by atoms with van der Waals surface area (Å²) in [5.74, 6) is -1.36. The molecule has 0 aromatic heterocycles. The first-order valence-electron chi connectivity index (χ1n) is 5.59. The number of nitrogens with two attached hydrogens (primary N) is 1. The van der Waals surface area contributed by atoms with Gasteiger partial charge in [0.05, 0.1) is 18.3 Å². The average molecular weight is 317 g/mol. The SMILES string of the molecule is COc1cc(C=NOCC(=O)O)cc(Cl)c1OCC(N)=O. The van der Waals surface area contributed by atoms with Crippen LogP contribution in [0.2, 0.25) is 5.02 Å². The van der Waals surface area contributed by atoms with E-state index in [0.717, 1.165) is 0 Å². The van der Waals surface area contributed by atoms with Gasteiger partial charge in [-0.2, -0.15) is 0 Å². The number of oxime groups is 1. The van der Waals surface area contributed by atoms with Crippen LogP contribution < -0.4 is 15.2 Å². The second-order valence-electron chi connectivity index (χ2n) is 3.69. The summed E-state index contributed by atoms with van der Waals surface area (Å²) < 4.78 is 10.2. The first-order valence-corrected chi connectivity index (χ1v) is 5.97. The highest BCUT2D eigenvalue weighted by Crippen LogP contribution is 2.35. The Kier molecular flexibility index (Phi) is 6.28. The number of amides is 1. The molecule has 21 heavy (non-hydrogen) atoms. The Balaban J connectivity index is 2.87. The highest BCUT2D eigenvalue weighted by molar-refractivity contribution is 6.32. The lowest BCUT2D eigenvalue weighted by Gasteiger charge is -2.11. The van der Waals surface area contributed by atoms with Crippen LogP contribution in [0, 0.1) is 0 Å². The van der Waals surface area contributed by atoms with Crippen LogP contribution in [-0.2, 0) is 14.4 Å². The van der Waals surface area contributed by atoms with Crippen molar-refractivity contribution in [1.82, 2.24) is 0 Å². The van der Waals surface area contributed by atoms with E-state index in [4.69, 9.17) is 31.9 Å². The standard InChI is InChI=1S/C12H13ClN2O6/c1-19-9-3-7(4-15-21-6-11(17)18)2-8(13)12(9)20-5-10(14)16/h2-4H,5-6H2,1H3,(H2,14,16)(H,17,18). The van der Waals surface area contributed by atoms with E-state index < -0.39 is 18.5 Å². The van der Waals surface area contributed by atoms with E-state index in [1.807, 2.05) is 0 Å². The molecule has 1 rings (SSSR count). The number of hydrogen-bond acceptors (Lipinski definition) is 6. The summed E-state index contributed by atoms with van der Waals surface area (Å²) in [4.78, 5) is 25.5. The predicted octanol–water partition coefficient (Wildman–Crippen LogP) is 0.648. The van der Waals surface area contributed by atoms with Crippen molar-refractivity contribution in [3.63, 3.8) is 0 Å². The maximum atomic E-state index is 10.7. The van der Waals surface area contributed by atoms with Crippen molar-refractivity contribution in [2.24, 2.45) is 10.9 Å². The number of methoxy groups -OCH3 is 1. The molecule has 0 saturated heterocycles. The molecule has 1 amide bonds. The lowest BCUT2D eigenvalue weighted by atomic mass is 10.2. The fourth-order valence-electron chi connectivity index (χ4n) is 1.29. The average Bonchev–Trinajstić information content (AvgIpc) is 2.41. The Hall–Kier alpha value is -2.48. The summed E-state index contributed by atoms with van der Waals surface area (Å²) in [5.41, 5.74) is 5.48. The summed E-state index contributed by atoms with van der Waals surface area (Å²) in [6.45, 7) is -0.896. The van der Waals surface area contributed by atoms with Gasteiger partial charge >= 0.3 is 5.97 Å². The molecule has 0 bridgehead atoms. The number of carboxylic acids is 1. The molecule has 0 fully saturated rings. The van der Waals surface area contributed by atoms with Gasteiger partial charge in [0, 0.05) is 5.56 Å². The van der Waals surface area contributed by atoms with Crippen molar-refractivity contribution in [2.45, 2.75) is 0 Å². The monoisotopic (exact) mass is 316 g/mol. The van der Waals surface area contributed by atoms with Crippen LogP contribution in [0.1, 0.15) is 5.56 Å². The second kappa shape index (κ2) is 7.95. The number of carbonyl (C=O) groups excluding carboxylic acids is 1. The van der Waals surface area contributed by atoms with Crippen molar-refractivity contribution in [1.29, 1.82) is 0 Å². The number of aliphatic carboxylic acids is 1. The van der Waals surface area contributed by atoms with E-state index in [9.17, 15) is 9.59 Å². The molecule has 0 aliphatic heterocycles. The fourth-order valence-corrected chi connectivity index (χ4v) is 1.56. The fraction of sp³-hybridized carbons (Fsp3) is 0.250. The highest BCUT2D eigenvalue weighted by Gasteiger charge is 2.12. The Morgan fingerprint density at radius 3 is 2.71 bits per heavy atom. The van der Waals surface area contributed by atoms with Crippen LogP contribution in [0.25, 0.3) is 0 Å².